The molecular weight excluding hydrogens is 144 g/mol. The first-order valence-electron chi connectivity index (χ1n) is 3.79. The quantitative estimate of drug-likeness (QED) is 0.492. The minimum Gasteiger partial charge on any atom is -0.394 e. The molecule has 1 aliphatic carbocycles. The maximum absolute atomic E-state index is 11.1. The number of carbonyl (C=O) groups is 1. The van der Waals surface area contributed by atoms with Crippen LogP contribution in [0.4, 0.5) is 0 Å². The van der Waals surface area contributed by atoms with E-state index in [1.165, 1.54) is 0 Å². The number of nitrogens with one attached hydrogen (secondary N) is 1. The Morgan fingerprint density at radius 2 is 2.36 bits per heavy atom. The van der Waals surface area contributed by atoms with Crippen molar-refractivity contribution in [3.63, 3.8) is 0 Å². The van der Waals surface area contributed by atoms with Gasteiger partial charge in [0.15, 0.2) is 0 Å². The molecule has 0 spiro atoms. The Hall–Kier alpha value is -0.610. The van der Waals surface area contributed by atoms with Crippen LogP contribution < -0.4 is 11.1 Å². The number of aliphatic hydroxyl groups is 1. The molecule has 4 heteroatoms. The van der Waals surface area contributed by atoms with Gasteiger partial charge in [0, 0.05) is 6.04 Å². The minimum atomic E-state index is -0.622. The van der Waals surface area contributed by atoms with E-state index in [1.807, 2.05) is 0 Å². The Balaban J connectivity index is 2.32. The molecule has 0 aromatic heterocycles. The van der Waals surface area contributed by atoms with Gasteiger partial charge in [-0.05, 0) is 19.8 Å². The van der Waals surface area contributed by atoms with Gasteiger partial charge in [0.2, 0.25) is 5.91 Å². The number of nitrogens with two attached hydrogens (primary N) is 1. The molecule has 0 radical (unpaired) electrons. The van der Waals surface area contributed by atoms with Crippen molar-refractivity contribution < 1.29 is 9.90 Å². The van der Waals surface area contributed by atoms with Crippen LogP contribution in [0.15, 0.2) is 0 Å². The van der Waals surface area contributed by atoms with E-state index in [0.29, 0.717) is 0 Å². The fourth-order valence-electron chi connectivity index (χ4n) is 0.775. The fourth-order valence-corrected chi connectivity index (χ4v) is 0.775. The summed E-state index contributed by atoms with van der Waals surface area (Å²) in [7, 11) is 0. The average molecular weight is 158 g/mol. The van der Waals surface area contributed by atoms with E-state index in [-0.39, 0.29) is 18.6 Å². The highest BCUT2D eigenvalue weighted by Crippen LogP contribution is 2.32. The first-order valence-corrected chi connectivity index (χ1v) is 3.79. The molecule has 1 rings (SSSR count). The van der Waals surface area contributed by atoms with Crippen molar-refractivity contribution in [1.29, 1.82) is 0 Å². The Morgan fingerprint density at radius 3 is 2.73 bits per heavy atom. The van der Waals surface area contributed by atoms with Gasteiger partial charge in [0.25, 0.3) is 0 Å². The van der Waals surface area contributed by atoms with Crippen LogP contribution in [0.1, 0.15) is 19.8 Å². The lowest BCUT2D eigenvalue weighted by molar-refractivity contribution is -0.124. The third-order valence-corrected chi connectivity index (χ3v) is 1.89. The van der Waals surface area contributed by atoms with Crippen molar-refractivity contribution in [3.8, 4) is 0 Å². The first kappa shape index (κ1) is 8.49. The minimum absolute atomic E-state index is 0.0399. The topological polar surface area (TPSA) is 75.3 Å². The Bertz CT molecular complexity index is 166. The second kappa shape index (κ2) is 2.79. The van der Waals surface area contributed by atoms with Crippen LogP contribution >= 0.6 is 0 Å². The van der Waals surface area contributed by atoms with E-state index in [9.17, 15) is 4.79 Å². The van der Waals surface area contributed by atoms with Gasteiger partial charge in [-0.3, -0.25) is 4.79 Å². The Labute approximate surface area is 65.8 Å². The summed E-state index contributed by atoms with van der Waals surface area (Å²) in [6.07, 6.45) is 1.52. The Morgan fingerprint density at radius 1 is 1.82 bits per heavy atom. The molecular formula is C7H14N2O2. The van der Waals surface area contributed by atoms with Gasteiger partial charge < -0.3 is 16.2 Å². The van der Waals surface area contributed by atoms with E-state index in [0.717, 1.165) is 12.8 Å². The van der Waals surface area contributed by atoms with Crippen molar-refractivity contribution in [3.05, 3.63) is 0 Å². The predicted octanol–water partition coefficient (Wildman–Crippen LogP) is -1.03. The van der Waals surface area contributed by atoms with E-state index in [1.54, 1.807) is 6.92 Å². The lowest BCUT2D eigenvalue weighted by Crippen LogP contribution is -2.47. The van der Waals surface area contributed by atoms with Crippen LogP contribution in [0.2, 0.25) is 0 Å². The zero-order chi connectivity index (χ0) is 8.48. The molecule has 0 saturated heterocycles. The predicted molar refractivity (Wildman–Crippen MR) is 40.8 cm³/mol. The summed E-state index contributed by atoms with van der Waals surface area (Å²) in [6, 6.07) is -0.191. The largest absolute Gasteiger partial charge is 0.394 e. The number of rotatable bonds is 3. The first-order chi connectivity index (χ1) is 5.08. The summed E-state index contributed by atoms with van der Waals surface area (Å²) in [4.78, 5) is 11.1. The molecule has 0 heterocycles. The van der Waals surface area contributed by atoms with E-state index in [2.05, 4.69) is 5.32 Å². The van der Waals surface area contributed by atoms with Gasteiger partial charge >= 0.3 is 0 Å². The molecule has 1 atom stereocenters. The molecule has 4 N–H and O–H groups in total. The molecule has 0 aromatic rings. The second-order valence-corrected chi connectivity index (χ2v) is 3.21. The lowest BCUT2D eigenvalue weighted by Gasteiger charge is -2.14. The normalized spacial score (nSPS) is 22.5. The molecule has 0 aliphatic heterocycles. The van der Waals surface area contributed by atoms with Gasteiger partial charge in [0.05, 0.1) is 12.1 Å². The number of aliphatic hydroxyl groups excluding tert-OH is 1. The van der Waals surface area contributed by atoms with Gasteiger partial charge in [-0.2, -0.15) is 0 Å². The van der Waals surface area contributed by atoms with Crippen LogP contribution in [0, 0.1) is 0 Å². The van der Waals surface area contributed by atoms with Crippen molar-refractivity contribution in [2.75, 3.05) is 6.61 Å². The van der Waals surface area contributed by atoms with Crippen molar-refractivity contribution in [2.24, 2.45) is 5.73 Å². The van der Waals surface area contributed by atoms with Crippen molar-refractivity contribution in [2.45, 2.75) is 31.3 Å². The summed E-state index contributed by atoms with van der Waals surface area (Å²) in [5, 5.41) is 11.2. The van der Waals surface area contributed by atoms with Crippen LogP contribution in [0.3, 0.4) is 0 Å². The highest BCUT2D eigenvalue weighted by molar-refractivity contribution is 5.89. The molecule has 1 aliphatic rings. The van der Waals surface area contributed by atoms with Crippen LogP contribution in [0.25, 0.3) is 0 Å². The second-order valence-electron chi connectivity index (χ2n) is 3.21. The molecule has 0 bridgehead atoms. The van der Waals surface area contributed by atoms with E-state index < -0.39 is 5.54 Å². The van der Waals surface area contributed by atoms with Gasteiger partial charge in [-0.1, -0.05) is 0 Å². The monoisotopic (exact) mass is 158 g/mol. The average Bonchev–Trinajstić information content (AvgIpc) is 2.69. The van der Waals surface area contributed by atoms with Crippen molar-refractivity contribution >= 4 is 5.91 Å². The summed E-state index contributed by atoms with van der Waals surface area (Å²) in [6.45, 7) is 1.70. The maximum atomic E-state index is 11.1. The zero-order valence-corrected chi connectivity index (χ0v) is 6.63. The van der Waals surface area contributed by atoms with Crippen LogP contribution in [-0.2, 0) is 4.79 Å². The molecule has 64 valence electrons. The SMILES string of the molecule is C[C@H](CO)NC(=O)C1(N)CC1. The standard InChI is InChI=1S/C7H14N2O2/c1-5(4-10)9-6(11)7(8)2-3-7/h5,10H,2-4,8H2,1H3,(H,9,11)/t5-/m1/s1. The molecule has 11 heavy (non-hydrogen) atoms. The number of hydrogen-bond donors (Lipinski definition) is 3. The summed E-state index contributed by atoms with van der Waals surface area (Å²) in [5.41, 5.74) is 4.98. The number of hydrogen-bond acceptors (Lipinski definition) is 3. The molecule has 0 unspecified atom stereocenters. The highest BCUT2D eigenvalue weighted by Gasteiger charge is 2.46. The Kier molecular flexibility index (Phi) is 2.15. The highest BCUT2D eigenvalue weighted by atomic mass is 16.3. The lowest BCUT2D eigenvalue weighted by atomic mass is 10.2. The van der Waals surface area contributed by atoms with Crippen LogP contribution in [-0.4, -0.2) is 29.2 Å². The smallest absolute Gasteiger partial charge is 0.240 e. The summed E-state index contributed by atoms with van der Waals surface area (Å²) >= 11 is 0. The summed E-state index contributed by atoms with van der Waals surface area (Å²) < 4.78 is 0. The van der Waals surface area contributed by atoms with E-state index >= 15 is 0 Å². The van der Waals surface area contributed by atoms with Gasteiger partial charge in [-0.15, -0.1) is 0 Å². The molecule has 4 nitrogen and oxygen atoms in total. The van der Waals surface area contributed by atoms with Crippen LogP contribution in [0.5, 0.6) is 0 Å². The van der Waals surface area contributed by atoms with Gasteiger partial charge in [0.1, 0.15) is 0 Å². The third-order valence-electron chi connectivity index (χ3n) is 1.89. The molecule has 0 aromatic carbocycles. The van der Waals surface area contributed by atoms with Crippen molar-refractivity contribution in [1.82, 2.24) is 5.32 Å². The number of amides is 1. The molecule has 1 fully saturated rings. The molecule has 1 amide bonds. The molecule has 1 saturated carbocycles. The number of carbonyl (C=O) groups excluding carboxylic acids is 1. The van der Waals surface area contributed by atoms with Gasteiger partial charge in [-0.25, -0.2) is 0 Å². The maximum Gasteiger partial charge on any atom is 0.240 e. The zero-order valence-electron chi connectivity index (χ0n) is 6.63. The van der Waals surface area contributed by atoms with E-state index in [4.69, 9.17) is 10.8 Å². The summed E-state index contributed by atoms with van der Waals surface area (Å²) in [5.74, 6) is -0.140. The fraction of sp³-hybridized carbons (Fsp3) is 0.857. The third kappa shape index (κ3) is 1.91.